The first-order chi connectivity index (χ1) is 9.40. The summed E-state index contributed by atoms with van der Waals surface area (Å²) in [5.74, 6) is 1.29. The van der Waals surface area contributed by atoms with Crippen molar-refractivity contribution in [2.24, 2.45) is 5.92 Å². The molecule has 1 rings (SSSR count). The summed E-state index contributed by atoms with van der Waals surface area (Å²) in [6.45, 7) is 7.46. The number of nitrogens with two attached hydrogens (primary N) is 1. The van der Waals surface area contributed by atoms with E-state index in [1.165, 1.54) is 0 Å². The normalized spacial score (nSPS) is 14.6. The summed E-state index contributed by atoms with van der Waals surface area (Å²) in [6, 6.07) is 7.78. The van der Waals surface area contributed by atoms with Crippen molar-refractivity contribution in [3.8, 4) is 5.75 Å². The van der Waals surface area contributed by atoms with Gasteiger partial charge in [-0.2, -0.15) is 0 Å². The number of aliphatic hydroxyl groups excluding tert-OH is 1. The third-order valence-electron chi connectivity index (χ3n) is 3.41. The average molecular weight is 280 g/mol. The Kier molecular flexibility index (Phi) is 6.82. The summed E-state index contributed by atoms with van der Waals surface area (Å²) in [6.07, 6.45) is 0.602. The highest BCUT2D eigenvalue weighted by atomic mass is 16.5. The molecule has 4 heteroatoms. The molecule has 0 heterocycles. The second-order valence-corrected chi connectivity index (χ2v) is 5.92. The number of nitrogens with zero attached hydrogens (tertiary/aromatic N) is 1. The molecule has 4 nitrogen and oxygen atoms in total. The predicted octanol–water partition coefficient (Wildman–Crippen LogP) is 2.37. The lowest BCUT2D eigenvalue weighted by Crippen LogP contribution is -2.38. The van der Waals surface area contributed by atoms with Crippen LogP contribution >= 0.6 is 0 Å². The zero-order valence-corrected chi connectivity index (χ0v) is 13.0. The number of benzene rings is 1. The van der Waals surface area contributed by atoms with E-state index in [4.69, 9.17) is 10.5 Å². The number of hydrogen-bond donors (Lipinski definition) is 2. The van der Waals surface area contributed by atoms with Crippen molar-refractivity contribution in [3.05, 3.63) is 24.3 Å². The fourth-order valence-electron chi connectivity index (χ4n) is 2.23. The molecule has 0 aliphatic heterocycles. The molecule has 0 aliphatic rings. The monoisotopic (exact) mass is 280 g/mol. The second kappa shape index (κ2) is 8.12. The van der Waals surface area contributed by atoms with Gasteiger partial charge < -0.3 is 20.5 Å². The Balaban J connectivity index is 2.36. The maximum atomic E-state index is 10.0. The minimum absolute atomic E-state index is 0.257. The van der Waals surface area contributed by atoms with E-state index in [1.54, 1.807) is 6.07 Å². The number of likely N-dealkylation sites (N-methyl/N-ethyl adjacent to an activating group) is 1. The summed E-state index contributed by atoms with van der Waals surface area (Å²) in [5, 5.41) is 10.0. The highest BCUT2D eigenvalue weighted by Crippen LogP contribution is 2.19. The van der Waals surface area contributed by atoms with Gasteiger partial charge in [0.1, 0.15) is 18.5 Å². The molecule has 0 bridgehead atoms. The van der Waals surface area contributed by atoms with Crippen molar-refractivity contribution in [3.63, 3.8) is 0 Å². The molecule has 1 aromatic carbocycles. The van der Waals surface area contributed by atoms with Crippen LogP contribution in [-0.4, -0.2) is 42.4 Å². The molecule has 2 unspecified atom stereocenters. The van der Waals surface area contributed by atoms with Crippen LogP contribution in [0.4, 0.5) is 5.69 Å². The van der Waals surface area contributed by atoms with Crippen LogP contribution in [0, 0.1) is 5.92 Å². The highest BCUT2D eigenvalue weighted by Gasteiger charge is 2.15. The number of nitrogen functional groups attached to an aromatic ring is 1. The summed E-state index contributed by atoms with van der Waals surface area (Å²) < 4.78 is 5.56. The van der Waals surface area contributed by atoms with Gasteiger partial charge in [0.2, 0.25) is 0 Å². The summed E-state index contributed by atoms with van der Waals surface area (Å²) >= 11 is 0. The van der Waals surface area contributed by atoms with Gasteiger partial charge in [0.15, 0.2) is 0 Å². The number of rotatable bonds is 8. The second-order valence-electron chi connectivity index (χ2n) is 5.92. The molecule has 0 radical (unpaired) electrons. The van der Waals surface area contributed by atoms with E-state index in [2.05, 4.69) is 25.7 Å². The first kappa shape index (κ1) is 16.8. The van der Waals surface area contributed by atoms with Crippen LogP contribution in [0.2, 0.25) is 0 Å². The highest BCUT2D eigenvalue weighted by molar-refractivity contribution is 5.51. The largest absolute Gasteiger partial charge is 0.489 e. The molecule has 114 valence electrons. The van der Waals surface area contributed by atoms with Gasteiger partial charge in [-0.25, -0.2) is 0 Å². The van der Waals surface area contributed by atoms with Crippen molar-refractivity contribution in [1.82, 2.24) is 4.90 Å². The third-order valence-corrected chi connectivity index (χ3v) is 3.41. The van der Waals surface area contributed by atoms with Gasteiger partial charge in [0.25, 0.3) is 0 Å². The fraction of sp³-hybridized carbons (Fsp3) is 0.625. The Morgan fingerprint density at radius 1 is 1.25 bits per heavy atom. The first-order valence-electron chi connectivity index (χ1n) is 7.25. The molecule has 3 N–H and O–H groups in total. The van der Waals surface area contributed by atoms with Crippen LogP contribution in [0.25, 0.3) is 0 Å². The topological polar surface area (TPSA) is 58.7 Å². The van der Waals surface area contributed by atoms with E-state index in [0.717, 1.165) is 6.42 Å². The van der Waals surface area contributed by atoms with Gasteiger partial charge in [-0.05, 0) is 38.4 Å². The van der Waals surface area contributed by atoms with E-state index in [-0.39, 0.29) is 6.61 Å². The summed E-state index contributed by atoms with van der Waals surface area (Å²) in [4.78, 5) is 2.17. The molecule has 0 spiro atoms. The lowest BCUT2D eigenvalue weighted by atomic mass is 10.0. The molecule has 0 aliphatic carbocycles. The van der Waals surface area contributed by atoms with Gasteiger partial charge in [-0.1, -0.05) is 26.0 Å². The van der Waals surface area contributed by atoms with E-state index in [1.807, 2.05) is 25.2 Å². The zero-order valence-electron chi connectivity index (χ0n) is 13.0. The number of ether oxygens (including phenoxy) is 1. The van der Waals surface area contributed by atoms with Crippen LogP contribution in [-0.2, 0) is 0 Å². The van der Waals surface area contributed by atoms with Gasteiger partial charge in [-0.15, -0.1) is 0 Å². The van der Waals surface area contributed by atoms with Crippen molar-refractivity contribution < 1.29 is 9.84 Å². The van der Waals surface area contributed by atoms with Crippen LogP contribution in [0.3, 0.4) is 0 Å². The molecule has 0 aromatic heterocycles. The fourth-order valence-corrected chi connectivity index (χ4v) is 2.23. The molecular formula is C16H28N2O2. The smallest absolute Gasteiger partial charge is 0.142 e. The molecule has 0 amide bonds. The first-order valence-corrected chi connectivity index (χ1v) is 7.25. The minimum Gasteiger partial charge on any atom is -0.489 e. The number of hydrogen-bond acceptors (Lipinski definition) is 4. The molecule has 0 saturated carbocycles. The number of aliphatic hydroxyl groups is 1. The minimum atomic E-state index is -0.519. The maximum absolute atomic E-state index is 10.0. The van der Waals surface area contributed by atoms with E-state index >= 15 is 0 Å². The van der Waals surface area contributed by atoms with Crippen LogP contribution in [0.1, 0.15) is 27.2 Å². The van der Waals surface area contributed by atoms with Crippen molar-refractivity contribution in [1.29, 1.82) is 0 Å². The molecule has 0 saturated heterocycles. The van der Waals surface area contributed by atoms with Gasteiger partial charge in [-0.3, -0.25) is 0 Å². The quantitative estimate of drug-likeness (QED) is 0.718. The van der Waals surface area contributed by atoms with Gasteiger partial charge in [0, 0.05) is 12.6 Å². The Morgan fingerprint density at radius 3 is 2.50 bits per heavy atom. The number of para-hydroxylation sites is 2. The Morgan fingerprint density at radius 2 is 1.90 bits per heavy atom. The lowest BCUT2D eigenvalue weighted by Gasteiger charge is -2.28. The summed E-state index contributed by atoms with van der Waals surface area (Å²) in [7, 11) is 2.03. The Bertz CT molecular complexity index is 396. The van der Waals surface area contributed by atoms with Crippen molar-refractivity contribution in [2.75, 3.05) is 25.9 Å². The molecule has 0 fully saturated rings. The van der Waals surface area contributed by atoms with Crippen LogP contribution < -0.4 is 10.5 Å². The Labute approximate surface area is 122 Å². The molecule has 1 aromatic rings. The van der Waals surface area contributed by atoms with Gasteiger partial charge in [0.05, 0.1) is 5.69 Å². The average Bonchev–Trinajstić information content (AvgIpc) is 2.37. The van der Waals surface area contributed by atoms with Crippen LogP contribution in [0.15, 0.2) is 24.3 Å². The standard InChI is InChI=1S/C16H28N2O2/c1-12(2)9-13(3)18(4)10-14(19)11-20-16-8-6-5-7-15(16)17/h5-8,12-14,19H,9-11,17H2,1-4H3. The SMILES string of the molecule is CC(C)CC(C)N(C)CC(O)COc1ccccc1N. The van der Waals surface area contributed by atoms with E-state index < -0.39 is 6.10 Å². The maximum Gasteiger partial charge on any atom is 0.142 e. The van der Waals surface area contributed by atoms with Crippen LogP contribution in [0.5, 0.6) is 5.75 Å². The van der Waals surface area contributed by atoms with Crippen molar-refractivity contribution in [2.45, 2.75) is 39.3 Å². The van der Waals surface area contributed by atoms with Crippen molar-refractivity contribution >= 4 is 5.69 Å². The number of anilines is 1. The molecule has 20 heavy (non-hydrogen) atoms. The van der Waals surface area contributed by atoms with E-state index in [0.29, 0.717) is 29.9 Å². The lowest BCUT2D eigenvalue weighted by molar-refractivity contribution is 0.0626. The molecular weight excluding hydrogens is 252 g/mol. The zero-order chi connectivity index (χ0) is 15.1. The summed E-state index contributed by atoms with van der Waals surface area (Å²) in [5.41, 5.74) is 6.39. The molecule has 2 atom stereocenters. The van der Waals surface area contributed by atoms with Gasteiger partial charge >= 0.3 is 0 Å². The third kappa shape index (κ3) is 5.80. The van der Waals surface area contributed by atoms with E-state index in [9.17, 15) is 5.11 Å². The Hall–Kier alpha value is -1.26. The predicted molar refractivity (Wildman–Crippen MR) is 83.9 cm³/mol.